The number of hydrogen-bond acceptors (Lipinski definition) is 6. The molecule has 1 aromatic carbocycles. The van der Waals surface area contributed by atoms with Gasteiger partial charge in [0.2, 0.25) is 5.83 Å². The van der Waals surface area contributed by atoms with Crippen LogP contribution in [-0.2, 0) is 25.2 Å². The summed E-state index contributed by atoms with van der Waals surface area (Å²) in [5.41, 5.74) is -1.27. The number of halogens is 11. The van der Waals surface area contributed by atoms with Gasteiger partial charge in [-0.3, -0.25) is 0 Å². The fourth-order valence-corrected chi connectivity index (χ4v) is 2.38. The van der Waals surface area contributed by atoms with E-state index in [1.165, 1.54) is 0 Å². The highest BCUT2D eigenvalue weighted by atomic mass is 32.1. The number of rotatable bonds is 11. The molecule has 1 atom stereocenters. The largest absolute Gasteiger partial charge is 0.468 e. The van der Waals surface area contributed by atoms with Crippen LogP contribution < -0.4 is 4.74 Å². The number of alkyl halides is 10. The lowest BCUT2D eigenvalue weighted by atomic mass is 10.1. The van der Waals surface area contributed by atoms with Gasteiger partial charge in [-0.1, -0.05) is 19.2 Å². The van der Waals surface area contributed by atoms with E-state index >= 15 is 0 Å². The maximum atomic E-state index is 13.8. The molecular weight excluding hydrogens is 549 g/mol. The predicted molar refractivity (Wildman–Crippen MR) is 101 cm³/mol. The molecule has 0 saturated carbocycles. The first-order valence-corrected chi connectivity index (χ1v) is 9.75. The maximum absolute atomic E-state index is 13.8. The number of hydrogen-bond donors (Lipinski definition) is 1. The van der Waals surface area contributed by atoms with E-state index in [-0.39, 0.29) is 0 Å². The minimum atomic E-state index is -6.02. The van der Waals surface area contributed by atoms with Crippen molar-refractivity contribution in [2.24, 2.45) is 0 Å². The second-order valence-electron chi connectivity index (χ2n) is 6.87. The summed E-state index contributed by atoms with van der Waals surface area (Å²) >= 11 is 2.41. The fourth-order valence-electron chi connectivity index (χ4n) is 2.27. The van der Waals surface area contributed by atoms with E-state index in [2.05, 4.69) is 33.4 Å². The van der Waals surface area contributed by atoms with Gasteiger partial charge in [0, 0.05) is 6.42 Å². The highest BCUT2D eigenvalue weighted by molar-refractivity contribution is 7.81. The van der Waals surface area contributed by atoms with Crippen molar-refractivity contribution in [2.45, 2.75) is 48.6 Å². The van der Waals surface area contributed by atoms with Crippen LogP contribution in [-0.4, -0.2) is 41.7 Å². The first-order chi connectivity index (χ1) is 16.1. The molecule has 17 heteroatoms. The van der Waals surface area contributed by atoms with Gasteiger partial charge >= 0.3 is 41.3 Å². The second kappa shape index (κ2) is 11.2. The van der Waals surface area contributed by atoms with Gasteiger partial charge in [0.25, 0.3) is 0 Å². The van der Waals surface area contributed by atoms with Crippen molar-refractivity contribution < 1.29 is 72.1 Å². The van der Waals surface area contributed by atoms with E-state index in [0.29, 0.717) is 24.3 Å². The predicted octanol–water partition coefficient (Wildman–Crippen LogP) is 6.24. The van der Waals surface area contributed by atoms with E-state index in [1.54, 1.807) is 0 Å². The third-order valence-electron chi connectivity index (χ3n) is 4.12. The standard InChI is InChI=1S/C19H15F11O5S/c1-10(20)13(31)35-16(18(26,27)28,33-9-3-2-8-15(21,22)19(29,30)36)14(32)34-12-6-4-11(5-7-12)17(23,24)25/h4-7,36H,1-3,8-9H2. The Kier molecular flexibility index (Phi) is 9.82. The molecule has 1 aromatic rings. The van der Waals surface area contributed by atoms with Gasteiger partial charge in [0.05, 0.1) is 12.2 Å². The summed E-state index contributed by atoms with van der Waals surface area (Å²) in [6.45, 7) is 1.03. The van der Waals surface area contributed by atoms with Gasteiger partial charge in [-0.15, -0.1) is 0 Å². The monoisotopic (exact) mass is 564 g/mol. The molecular formula is C19H15F11O5S. The second-order valence-corrected chi connectivity index (χ2v) is 7.43. The molecule has 0 aliphatic carbocycles. The summed E-state index contributed by atoms with van der Waals surface area (Å²) in [7, 11) is 0. The van der Waals surface area contributed by atoms with Crippen LogP contribution in [0.2, 0.25) is 0 Å². The molecule has 0 radical (unpaired) electrons. The van der Waals surface area contributed by atoms with E-state index in [4.69, 9.17) is 0 Å². The van der Waals surface area contributed by atoms with Gasteiger partial charge < -0.3 is 14.2 Å². The van der Waals surface area contributed by atoms with Crippen molar-refractivity contribution in [3.63, 3.8) is 0 Å². The van der Waals surface area contributed by atoms with Crippen molar-refractivity contribution in [3.05, 3.63) is 42.2 Å². The SMILES string of the molecule is C=C(F)C(=O)OC(OCCCCC(F)(F)C(F)(F)S)(C(=O)Oc1ccc(C(F)(F)F)cc1)C(F)(F)F. The highest BCUT2D eigenvalue weighted by Crippen LogP contribution is 2.41. The summed E-state index contributed by atoms with van der Waals surface area (Å²) in [6, 6.07) is 1.51. The van der Waals surface area contributed by atoms with Gasteiger partial charge in [0.15, 0.2) is 0 Å². The number of ether oxygens (including phenoxy) is 3. The zero-order valence-electron chi connectivity index (χ0n) is 17.5. The highest BCUT2D eigenvalue weighted by Gasteiger charge is 2.68. The number of carbonyl (C=O) groups excluding carboxylic acids is 2. The van der Waals surface area contributed by atoms with Crippen molar-refractivity contribution in [2.75, 3.05) is 6.61 Å². The Labute approximate surface area is 200 Å². The van der Waals surface area contributed by atoms with E-state index < -0.39 is 84.3 Å². The van der Waals surface area contributed by atoms with Crippen molar-refractivity contribution in [3.8, 4) is 5.75 Å². The number of carbonyl (C=O) groups is 2. The van der Waals surface area contributed by atoms with E-state index in [1.807, 2.05) is 0 Å². The van der Waals surface area contributed by atoms with Crippen LogP contribution in [0.3, 0.4) is 0 Å². The molecule has 0 fully saturated rings. The van der Waals surface area contributed by atoms with Crippen LogP contribution in [0.5, 0.6) is 5.75 Å². The minimum absolute atomic E-state index is 0.325. The topological polar surface area (TPSA) is 61.8 Å². The lowest BCUT2D eigenvalue weighted by molar-refractivity contribution is -0.352. The zero-order chi connectivity index (χ0) is 28.2. The van der Waals surface area contributed by atoms with Crippen molar-refractivity contribution in [1.29, 1.82) is 0 Å². The summed E-state index contributed by atoms with van der Waals surface area (Å²) in [5, 5.41) is -4.76. The Balaban J connectivity index is 3.16. The minimum Gasteiger partial charge on any atom is -0.421 e. The van der Waals surface area contributed by atoms with Gasteiger partial charge in [-0.25, -0.2) is 9.59 Å². The molecule has 0 bridgehead atoms. The molecule has 204 valence electrons. The van der Waals surface area contributed by atoms with E-state index in [0.717, 1.165) is 0 Å². The third kappa shape index (κ3) is 7.97. The maximum Gasteiger partial charge on any atom is 0.468 e. The molecule has 0 aliphatic heterocycles. The molecule has 0 heterocycles. The third-order valence-corrected chi connectivity index (χ3v) is 4.45. The average molecular weight is 564 g/mol. The van der Waals surface area contributed by atoms with E-state index in [9.17, 15) is 57.9 Å². The molecule has 0 N–H and O–H groups in total. The van der Waals surface area contributed by atoms with Crippen molar-refractivity contribution in [1.82, 2.24) is 0 Å². The number of thiol groups is 1. The summed E-state index contributed by atoms with van der Waals surface area (Å²) in [4.78, 5) is 23.8. The molecule has 0 amide bonds. The molecule has 1 rings (SSSR count). The van der Waals surface area contributed by atoms with Gasteiger partial charge in [-0.2, -0.15) is 48.3 Å². The number of unbranched alkanes of at least 4 members (excludes halogenated alkanes) is 1. The molecule has 36 heavy (non-hydrogen) atoms. The molecule has 5 nitrogen and oxygen atoms in total. The summed E-state index contributed by atoms with van der Waals surface area (Å²) < 4.78 is 156. The smallest absolute Gasteiger partial charge is 0.421 e. The normalized spacial score (nSPS) is 14.7. The van der Waals surface area contributed by atoms with Crippen LogP contribution >= 0.6 is 12.6 Å². The van der Waals surface area contributed by atoms with Crippen LogP contribution in [0, 0.1) is 0 Å². The number of benzene rings is 1. The first-order valence-electron chi connectivity index (χ1n) is 9.30. The van der Waals surface area contributed by atoms with Crippen molar-refractivity contribution >= 4 is 24.6 Å². The zero-order valence-corrected chi connectivity index (χ0v) is 18.4. The van der Waals surface area contributed by atoms with Crippen LogP contribution in [0.1, 0.15) is 24.8 Å². The summed E-state index contributed by atoms with van der Waals surface area (Å²) in [5.74, 6) is -17.5. The Morgan fingerprint density at radius 2 is 1.42 bits per heavy atom. The van der Waals surface area contributed by atoms with Gasteiger partial charge in [-0.05, 0) is 37.1 Å². The average Bonchev–Trinajstić information content (AvgIpc) is 2.70. The molecule has 0 aromatic heterocycles. The molecule has 0 aliphatic rings. The van der Waals surface area contributed by atoms with Crippen LogP contribution in [0.25, 0.3) is 0 Å². The Morgan fingerprint density at radius 1 is 0.889 bits per heavy atom. The lowest BCUT2D eigenvalue weighted by Gasteiger charge is -2.32. The van der Waals surface area contributed by atoms with Crippen LogP contribution in [0.4, 0.5) is 48.3 Å². The quantitative estimate of drug-likeness (QED) is 0.0656. The molecule has 1 unspecified atom stereocenters. The number of esters is 2. The molecule has 0 saturated heterocycles. The Bertz CT molecular complexity index is 939. The first kappa shape index (κ1) is 31.5. The van der Waals surface area contributed by atoms with Crippen LogP contribution in [0.15, 0.2) is 36.7 Å². The Morgan fingerprint density at radius 3 is 1.83 bits per heavy atom. The van der Waals surface area contributed by atoms with Gasteiger partial charge in [0.1, 0.15) is 5.75 Å². The fraction of sp³-hybridized carbons (Fsp3) is 0.474. The lowest BCUT2D eigenvalue weighted by Crippen LogP contribution is -2.59. The molecule has 0 spiro atoms. The Hall–Kier alpha value is -2.56. The summed E-state index contributed by atoms with van der Waals surface area (Å²) in [6.07, 6.45) is -14.2.